The molecule has 0 aliphatic carbocycles. The van der Waals surface area contributed by atoms with Crippen molar-refractivity contribution in [3.8, 4) is 11.8 Å². The Labute approximate surface area is 158 Å². The fraction of sp³-hybridized carbons (Fsp3) is 0.444. The molecule has 1 unspecified atom stereocenters. The van der Waals surface area contributed by atoms with Crippen molar-refractivity contribution in [1.82, 2.24) is 10.8 Å². The molecule has 1 aromatic rings. The van der Waals surface area contributed by atoms with Crippen molar-refractivity contribution in [1.29, 1.82) is 0 Å². The lowest BCUT2D eigenvalue weighted by Gasteiger charge is -2.31. The van der Waals surface area contributed by atoms with E-state index in [1.54, 1.807) is 19.1 Å². The van der Waals surface area contributed by atoms with Crippen LogP contribution in [0.15, 0.2) is 24.3 Å². The molecule has 8 nitrogen and oxygen atoms in total. The van der Waals surface area contributed by atoms with Crippen molar-refractivity contribution in [2.75, 3.05) is 12.9 Å². The number of benzene rings is 1. The van der Waals surface area contributed by atoms with Gasteiger partial charge in [-0.25, -0.2) is 13.9 Å². The Morgan fingerprint density at radius 3 is 2.22 bits per heavy atom. The summed E-state index contributed by atoms with van der Waals surface area (Å²) in [5.41, 5.74) is 2.21. The molecule has 9 heteroatoms. The minimum atomic E-state index is -3.73. The van der Waals surface area contributed by atoms with E-state index in [1.807, 2.05) is 0 Å². The fourth-order valence-corrected chi connectivity index (χ4v) is 2.60. The summed E-state index contributed by atoms with van der Waals surface area (Å²) in [5, 5.41) is 20.2. The molecule has 0 saturated heterocycles. The Balaban J connectivity index is 3.06. The van der Waals surface area contributed by atoms with E-state index in [0.29, 0.717) is 5.56 Å². The Bertz CT molecular complexity index is 850. The van der Waals surface area contributed by atoms with E-state index < -0.39 is 32.4 Å². The highest BCUT2D eigenvalue weighted by atomic mass is 32.2. The summed E-state index contributed by atoms with van der Waals surface area (Å²) in [6, 6.07) is 4.63. The van der Waals surface area contributed by atoms with E-state index in [1.165, 1.54) is 31.5 Å². The Morgan fingerprint density at radius 1 is 1.22 bits per heavy atom. The summed E-state index contributed by atoms with van der Waals surface area (Å²) >= 11 is 0. The molecule has 0 saturated carbocycles. The van der Waals surface area contributed by atoms with E-state index in [9.17, 15) is 18.0 Å². The van der Waals surface area contributed by atoms with Crippen LogP contribution >= 0.6 is 0 Å². The number of nitrogens with one attached hydrogen (secondary N) is 2. The molecule has 148 valence electrons. The molecule has 0 fully saturated rings. The standard InChI is InChI=1S/C18H24N2O6S/c1-12(11-21)5-6-13-7-9-14(10-8-13)16(22)19-15(17(23)20-24)18(2,3)27(4,25)26/h7-10,12,15,21,24H,11H2,1-4H3,(H,19,22)(H,20,23)/t12?,15-/m1/s1. The van der Waals surface area contributed by atoms with E-state index in [-0.39, 0.29) is 18.1 Å². The number of amides is 2. The summed E-state index contributed by atoms with van der Waals surface area (Å²) in [7, 11) is -3.73. The van der Waals surface area contributed by atoms with Crippen LogP contribution in [0.3, 0.4) is 0 Å². The van der Waals surface area contributed by atoms with Gasteiger partial charge in [-0.05, 0) is 45.0 Å². The Morgan fingerprint density at radius 2 is 1.78 bits per heavy atom. The maximum atomic E-state index is 12.4. The van der Waals surface area contributed by atoms with Crippen LogP contribution in [0.2, 0.25) is 0 Å². The summed E-state index contributed by atoms with van der Waals surface area (Å²) in [6.07, 6.45) is 0.942. The predicted octanol–water partition coefficient (Wildman–Crippen LogP) is 0.0935. The summed E-state index contributed by atoms with van der Waals surface area (Å²) in [5.74, 6) is 3.80. The van der Waals surface area contributed by atoms with Gasteiger partial charge < -0.3 is 10.4 Å². The minimum absolute atomic E-state index is 0.0576. The van der Waals surface area contributed by atoms with Gasteiger partial charge in [-0.15, -0.1) is 0 Å². The molecule has 0 aromatic heterocycles. The zero-order valence-corrected chi connectivity index (χ0v) is 16.4. The third-order valence-electron chi connectivity index (χ3n) is 4.18. The highest BCUT2D eigenvalue weighted by Crippen LogP contribution is 2.21. The first-order chi connectivity index (χ1) is 12.4. The number of hydroxylamine groups is 1. The third kappa shape index (κ3) is 5.79. The number of carbonyl (C=O) groups is 2. The first kappa shape index (κ1) is 22.6. The zero-order chi connectivity index (χ0) is 20.8. The van der Waals surface area contributed by atoms with E-state index in [2.05, 4.69) is 17.2 Å². The number of rotatable bonds is 6. The van der Waals surface area contributed by atoms with E-state index in [4.69, 9.17) is 10.3 Å². The van der Waals surface area contributed by atoms with Gasteiger partial charge in [0.25, 0.3) is 11.8 Å². The van der Waals surface area contributed by atoms with Gasteiger partial charge in [0.05, 0.1) is 11.4 Å². The van der Waals surface area contributed by atoms with Crippen molar-refractivity contribution < 1.29 is 28.3 Å². The average molecular weight is 396 g/mol. The van der Waals surface area contributed by atoms with Gasteiger partial charge in [0, 0.05) is 23.3 Å². The molecule has 1 aromatic carbocycles. The molecule has 0 heterocycles. The van der Waals surface area contributed by atoms with Crippen molar-refractivity contribution in [3.05, 3.63) is 35.4 Å². The van der Waals surface area contributed by atoms with E-state index >= 15 is 0 Å². The number of sulfone groups is 1. The monoisotopic (exact) mass is 396 g/mol. The molecule has 0 aliphatic heterocycles. The molecule has 0 spiro atoms. The summed E-state index contributed by atoms with van der Waals surface area (Å²) < 4.78 is 22.3. The summed E-state index contributed by atoms with van der Waals surface area (Å²) in [4.78, 5) is 24.4. The molecule has 2 amide bonds. The minimum Gasteiger partial charge on any atom is -0.395 e. The summed E-state index contributed by atoms with van der Waals surface area (Å²) in [6.45, 7) is 4.27. The number of aliphatic hydroxyl groups is 1. The first-order valence-corrected chi connectivity index (χ1v) is 10.00. The number of hydrogen-bond acceptors (Lipinski definition) is 6. The predicted molar refractivity (Wildman–Crippen MR) is 99.7 cm³/mol. The maximum absolute atomic E-state index is 12.4. The molecule has 4 N–H and O–H groups in total. The van der Waals surface area contributed by atoms with Crippen LogP contribution in [0.1, 0.15) is 36.7 Å². The lowest BCUT2D eigenvalue weighted by Crippen LogP contribution is -2.60. The lowest BCUT2D eigenvalue weighted by atomic mass is 10.0. The van der Waals surface area contributed by atoms with Gasteiger partial charge in [0.2, 0.25) is 0 Å². The van der Waals surface area contributed by atoms with Gasteiger partial charge in [0.15, 0.2) is 9.84 Å². The van der Waals surface area contributed by atoms with Crippen LogP contribution in [0.25, 0.3) is 0 Å². The number of hydrogen-bond donors (Lipinski definition) is 4. The lowest BCUT2D eigenvalue weighted by molar-refractivity contribution is -0.131. The van der Waals surface area contributed by atoms with E-state index in [0.717, 1.165) is 6.26 Å². The highest BCUT2D eigenvalue weighted by Gasteiger charge is 2.44. The normalized spacial score (nSPS) is 13.7. The van der Waals surface area contributed by atoms with Gasteiger partial charge in [-0.1, -0.05) is 11.8 Å². The average Bonchev–Trinajstić information content (AvgIpc) is 2.62. The van der Waals surface area contributed by atoms with Gasteiger partial charge in [0.1, 0.15) is 6.04 Å². The second-order valence-corrected chi connectivity index (χ2v) is 9.28. The van der Waals surface area contributed by atoms with Crippen LogP contribution in [0.5, 0.6) is 0 Å². The van der Waals surface area contributed by atoms with Crippen LogP contribution in [-0.4, -0.2) is 54.2 Å². The second kappa shape index (κ2) is 8.99. The van der Waals surface area contributed by atoms with Gasteiger partial charge in [-0.2, -0.15) is 0 Å². The zero-order valence-electron chi connectivity index (χ0n) is 15.6. The van der Waals surface area contributed by atoms with Crippen molar-refractivity contribution in [2.45, 2.75) is 31.6 Å². The molecule has 0 radical (unpaired) electrons. The quantitative estimate of drug-likeness (QED) is 0.306. The number of aliphatic hydroxyl groups excluding tert-OH is 1. The van der Waals surface area contributed by atoms with Gasteiger partial charge in [-0.3, -0.25) is 14.8 Å². The van der Waals surface area contributed by atoms with Crippen molar-refractivity contribution in [2.24, 2.45) is 5.92 Å². The van der Waals surface area contributed by atoms with Crippen molar-refractivity contribution in [3.63, 3.8) is 0 Å². The third-order valence-corrected chi connectivity index (χ3v) is 6.33. The first-order valence-electron chi connectivity index (χ1n) is 8.11. The number of carbonyl (C=O) groups excluding carboxylic acids is 2. The molecular formula is C18H24N2O6S. The Hall–Kier alpha value is -2.41. The Kier molecular flexibility index (Phi) is 7.54. The molecular weight excluding hydrogens is 372 g/mol. The van der Waals surface area contributed by atoms with Crippen LogP contribution in [0.4, 0.5) is 0 Å². The van der Waals surface area contributed by atoms with Crippen LogP contribution < -0.4 is 10.8 Å². The van der Waals surface area contributed by atoms with Crippen LogP contribution in [0, 0.1) is 17.8 Å². The molecule has 1 rings (SSSR count). The SMILES string of the molecule is CC(C#Cc1ccc(C(=O)N[C@H](C(=O)NO)C(C)(C)S(C)(=O)=O)cc1)CO. The largest absolute Gasteiger partial charge is 0.395 e. The van der Waals surface area contributed by atoms with Gasteiger partial charge >= 0.3 is 0 Å². The topological polar surface area (TPSA) is 133 Å². The maximum Gasteiger partial charge on any atom is 0.267 e. The molecule has 0 bridgehead atoms. The highest BCUT2D eigenvalue weighted by molar-refractivity contribution is 7.92. The smallest absolute Gasteiger partial charge is 0.267 e. The molecule has 27 heavy (non-hydrogen) atoms. The molecule has 0 aliphatic rings. The molecule has 2 atom stereocenters. The van der Waals surface area contributed by atoms with Crippen molar-refractivity contribution >= 4 is 21.7 Å². The van der Waals surface area contributed by atoms with Crippen LogP contribution in [-0.2, 0) is 14.6 Å². The fourth-order valence-electron chi connectivity index (χ4n) is 2.01. The second-order valence-electron chi connectivity index (χ2n) is 6.69.